The number of fused-ring (bicyclic) bond motifs is 1. The van der Waals surface area contributed by atoms with Crippen LogP contribution in [0, 0.1) is 11.8 Å². The summed E-state index contributed by atoms with van der Waals surface area (Å²) in [5, 5.41) is 0.729. The third-order valence-corrected chi connectivity index (χ3v) is 7.96. The van der Waals surface area contributed by atoms with E-state index in [0.29, 0.717) is 22.6 Å². The zero-order valence-corrected chi connectivity index (χ0v) is 19.9. The standard InChI is InChI=1S/C24H24F2N4O3S/c1-23(2,34(3,32)33)8-6-19-4-5-20(16-27-19)30-11-7-17-14-18(15-28-21(17)30)22(31)29-12-9-24(25,26)10-13-29/h4-5,7,11,14-16H,9-10,12-13H2,1-3H3. The summed E-state index contributed by atoms with van der Waals surface area (Å²) in [4.78, 5) is 22.9. The van der Waals surface area contributed by atoms with Gasteiger partial charge in [-0.25, -0.2) is 27.2 Å². The number of sulfone groups is 1. The Morgan fingerprint density at radius 3 is 2.44 bits per heavy atom. The average Bonchev–Trinajstić information content (AvgIpc) is 3.20. The number of pyridine rings is 2. The Balaban J connectivity index is 1.54. The number of carbonyl (C=O) groups excluding carboxylic acids is 1. The van der Waals surface area contributed by atoms with E-state index in [1.165, 1.54) is 11.1 Å². The number of amides is 1. The van der Waals surface area contributed by atoms with E-state index < -0.39 is 20.5 Å². The molecular weight excluding hydrogens is 462 g/mol. The minimum absolute atomic E-state index is 0.0210. The molecule has 4 heterocycles. The van der Waals surface area contributed by atoms with Crippen LogP contribution in [0.4, 0.5) is 8.78 Å². The molecule has 0 radical (unpaired) electrons. The van der Waals surface area contributed by atoms with Gasteiger partial charge < -0.3 is 4.90 Å². The molecule has 0 unspecified atom stereocenters. The van der Waals surface area contributed by atoms with Gasteiger partial charge in [0.2, 0.25) is 0 Å². The summed E-state index contributed by atoms with van der Waals surface area (Å²) < 4.78 is 51.0. The number of rotatable bonds is 3. The second-order valence-electron chi connectivity index (χ2n) is 8.90. The van der Waals surface area contributed by atoms with Gasteiger partial charge in [-0.15, -0.1) is 0 Å². The van der Waals surface area contributed by atoms with Crippen LogP contribution < -0.4 is 0 Å². The minimum atomic E-state index is -3.34. The lowest BCUT2D eigenvalue weighted by molar-refractivity contribution is -0.0494. The van der Waals surface area contributed by atoms with Gasteiger partial charge in [0.1, 0.15) is 16.1 Å². The van der Waals surface area contributed by atoms with Crippen LogP contribution in [-0.4, -0.2) is 63.8 Å². The number of carbonyl (C=O) groups is 1. The molecule has 0 bridgehead atoms. The van der Waals surface area contributed by atoms with E-state index >= 15 is 0 Å². The van der Waals surface area contributed by atoms with Gasteiger partial charge in [0.25, 0.3) is 11.8 Å². The highest BCUT2D eigenvalue weighted by molar-refractivity contribution is 7.92. The van der Waals surface area contributed by atoms with Crippen LogP contribution in [0.25, 0.3) is 16.7 Å². The van der Waals surface area contributed by atoms with Gasteiger partial charge in [0.05, 0.1) is 17.4 Å². The quantitative estimate of drug-likeness (QED) is 0.530. The first-order valence-electron chi connectivity index (χ1n) is 10.7. The maximum absolute atomic E-state index is 13.4. The fraction of sp³-hybridized carbons (Fsp3) is 0.375. The smallest absolute Gasteiger partial charge is 0.255 e. The molecule has 4 rings (SSSR count). The molecule has 1 aliphatic rings. The first-order valence-corrected chi connectivity index (χ1v) is 12.6. The highest BCUT2D eigenvalue weighted by Crippen LogP contribution is 2.29. The molecule has 0 aromatic carbocycles. The SMILES string of the molecule is CC(C)(C#Cc1ccc(-n2ccc3cc(C(=O)N4CCC(F)(F)CC4)cnc32)cn1)S(C)(=O)=O. The molecule has 1 saturated heterocycles. The Kier molecular flexibility index (Phi) is 5.94. The largest absolute Gasteiger partial charge is 0.338 e. The normalized spacial score (nSPS) is 16.2. The van der Waals surface area contributed by atoms with Crippen LogP contribution in [-0.2, 0) is 9.84 Å². The lowest BCUT2D eigenvalue weighted by Gasteiger charge is -2.31. The van der Waals surface area contributed by atoms with Gasteiger partial charge in [-0.05, 0) is 44.0 Å². The number of piperidine rings is 1. The van der Waals surface area contributed by atoms with Crippen molar-refractivity contribution in [3.63, 3.8) is 0 Å². The third kappa shape index (κ3) is 4.80. The van der Waals surface area contributed by atoms with E-state index in [1.54, 1.807) is 49.0 Å². The number of alkyl halides is 2. The number of aromatic nitrogens is 3. The number of hydrogen-bond acceptors (Lipinski definition) is 5. The van der Waals surface area contributed by atoms with Gasteiger partial charge in [-0.1, -0.05) is 5.92 Å². The lowest BCUT2D eigenvalue weighted by Crippen LogP contribution is -2.42. The monoisotopic (exact) mass is 486 g/mol. The molecule has 178 valence electrons. The van der Waals surface area contributed by atoms with E-state index in [-0.39, 0.29) is 31.8 Å². The second kappa shape index (κ2) is 8.47. The topological polar surface area (TPSA) is 85.2 Å². The van der Waals surface area contributed by atoms with Crippen LogP contribution >= 0.6 is 0 Å². The van der Waals surface area contributed by atoms with Crippen LogP contribution in [0.2, 0.25) is 0 Å². The Labute approximate surface area is 196 Å². The van der Waals surface area contributed by atoms with Gasteiger partial charge in [0, 0.05) is 50.0 Å². The molecule has 0 aliphatic carbocycles. The second-order valence-corrected chi connectivity index (χ2v) is 11.5. The van der Waals surface area contributed by atoms with Gasteiger partial charge in [-0.2, -0.15) is 0 Å². The minimum Gasteiger partial charge on any atom is -0.338 e. The summed E-state index contributed by atoms with van der Waals surface area (Å²) in [6, 6.07) is 7.00. The summed E-state index contributed by atoms with van der Waals surface area (Å²) in [6.45, 7) is 3.13. The highest BCUT2D eigenvalue weighted by atomic mass is 32.2. The number of likely N-dealkylation sites (tertiary alicyclic amines) is 1. The Hall–Kier alpha value is -3.32. The van der Waals surface area contributed by atoms with Crippen molar-refractivity contribution in [2.75, 3.05) is 19.3 Å². The number of hydrogen-bond donors (Lipinski definition) is 0. The van der Waals surface area contributed by atoms with Gasteiger partial charge >= 0.3 is 0 Å². The van der Waals surface area contributed by atoms with Crippen molar-refractivity contribution in [1.82, 2.24) is 19.4 Å². The zero-order valence-electron chi connectivity index (χ0n) is 19.0. The van der Waals surface area contributed by atoms with Crippen LogP contribution in [0.3, 0.4) is 0 Å². The van der Waals surface area contributed by atoms with Crippen molar-refractivity contribution >= 4 is 26.8 Å². The molecule has 0 N–H and O–H groups in total. The Morgan fingerprint density at radius 1 is 1.12 bits per heavy atom. The molecule has 10 heteroatoms. The molecular formula is C24H24F2N4O3S. The molecule has 0 saturated carbocycles. The molecule has 1 fully saturated rings. The Bertz CT molecular complexity index is 1410. The molecule has 7 nitrogen and oxygen atoms in total. The van der Waals surface area contributed by atoms with Crippen LogP contribution in [0.5, 0.6) is 0 Å². The summed E-state index contributed by atoms with van der Waals surface area (Å²) in [6.07, 6.45) is 5.34. The van der Waals surface area contributed by atoms with Crippen molar-refractivity contribution in [1.29, 1.82) is 0 Å². The van der Waals surface area contributed by atoms with E-state index in [4.69, 9.17) is 0 Å². The number of halogens is 2. The molecule has 3 aromatic rings. The van der Waals surface area contributed by atoms with Crippen LogP contribution in [0.15, 0.2) is 42.9 Å². The molecule has 0 atom stereocenters. The van der Waals surface area contributed by atoms with Crippen LogP contribution in [0.1, 0.15) is 42.7 Å². The fourth-order valence-corrected chi connectivity index (χ4v) is 3.71. The third-order valence-electron chi connectivity index (χ3n) is 6.00. The maximum Gasteiger partial charge on any atom is 0.255 e. The predicted molar refractivity (Wildman–Crippen MR) is 125 cm³/mol. The molecule has 0 spiro atoms. The maximum atomic E-state index is 13.4. The van der Waals surface area contributed by atoms with Gasteiger partial charge in [-0.3, -0.25) is 9.36 Å². The highest BCUT2D eigenvalue weighted by Gasteiger charge is 2.36. The van der Waals surface area contributed by atoms with Crippen molar-refractivity contribution in [3.05, 3.63) is 54.1 Å². The van der Waals surface area contributed by atoms with Crippen molar-refractivity contribution in [3.8, 4) is 17.5 Å². The molecule has 34 heavy (non-hydrogen) atoms. The molecule has 1 amide bonds. The molecule has 1 aliphatic heterocycles. The van der Waals surface area contributed by atoms with E-state index in [9.17, 15) is 22.0 Å². The lowest BCUT2D eigenvalue weighted by atomic mass is 10.1. The average molecular weight is 487 g/mol. The first-order chi connectivity index (χ1) is 15.9. The predicted octanol–water partition coefficient (Wildman–Crippen LogP) is 3.47. The number of nitrogens with zero attached hydrogens (tertiary/aromatic N) is 4. The van der Waals surface area contributed by atoms with Crippen molar-refractivity contribution in [2.24, 2.45) is 0 Å². The van der Waals surface area contributed by atoms with E-state index in [0.717, 1.165) is 11.6 Å². The van der Waals surface area contributed by atoms with Crippen molar-refractivity contribution < 1.29 is 22.0 Å². The van der Waals surface area contributed by atoms with Gasteiger partial charge in [0.15, 0.2) is 9.84 Å². The van der Waals surface area contributed by atoms with E-state index in [1.807, 2.05) is 6.07 Å². The summed E-state index contributed by atoms with van der Waals surface area (Å²) >= 11 is 0. The zero-order chi connectivity index (χ0) is 24.7. The fourth-order valence-electron chi connectivity index (χ4n) is 3.48. The molecule has 3 aromatic heterocycles. The Morgan fingerprint density at radius 2 is 1.82 bits per heavy atom. The first kappa shape index (κ1) is 23.8. The van der Waals surface area contributed by atoms with Crippen molar-refractivity contribution in [2.45, 2.75) is 37.4 Å². The van der Waals surface area contributed by atoms with E-state index in [2.05, 4.69) is 21.8 Å². The summed E-state index contributed by atoms with van der Waals surface area (Å²) in [5.41, 5.74) is 2.12. The summed E-state index contributed by atoms with van der Waals surface area (Å²) in [7, 11) is -3.34. The summed E-state index contributed by atoms with van der Waals surface area (Å²) in [5.74, 6) is 2.53.